The first kappa shape index (κ1) is 31.3. The van der Waals surface area contributed by atoms with Crippen LogP contribution in [-0.2, 0) is 6.18 Å². The lowest BCUT2D eigenvalue weighted by Gasteiger charge is -2.13. The average molecular weight is 624 g/mol. The number of benzene rings is 3. The van der Waals surface area contributed by atoms with Crippen LogP contribution in [0.3, 0.4) is 0 Å². The summed E-state index contributed by atoms with van der Waals surface area (Å²) in [7, 11) is 0. The van der Waals surface area contributed by atoms with Gasteiger partial charge in [0, 0.05) is 33.4 Å². The Morgan fingerprint density at radius 2 is 0.875 bits per heavy atom. The zero-order valence-electron chi connectivity index (χ0n) is 23.8. The lowest BCUT2D eigenvalue weighted by Crippen LogP contribution is -2.08. The highest BCUT2D eigenvalue weighted by atomic mass is 19.4. The van der Waals surface area contributed by atoms with E-state index < -0.39 is 28.4 Å². The van der Waals surface area contributed by atoms with E-state index in [0.29, 0.717) is 6.07 Å². The molecule has 2 aliphatic carbocycles. The van der Waals surface area contributed by atoms with Crippen LogP contribution in [0.25, 0.3) is 33.4 Å². The van der Waals surface area contributed by atoms with Gasteiger partial charge in [-0.25, -0.2) is 0 Å². The molecule has 0 aliphatic heterocycles. The first-order valence-corrected chi connectivity index (χ1v) is 13.2. The Kier molecular flexibility index (Phi) is 7.63. The van der Waals surface area contributed by atoms with Crippen LogP contribution in [0.5, 0.6) is 0 Å². The van der Waals surface area contributed by atoms with Gasteiger partial charge in [-0.1, -0.05) is 12.1 Å². The quantitative estimate of drug-likeness (QED) is 0.273. The molecule has 0 bridgehead atoms. The van der Waals surface area contributed by atoms with E-state index in [1.165, 1.54) is 36.4 Å². The molecule has 0 saturated carbocycles. The summed E-state index contributed by atoms with van der Waals surface area (Å²) in [5.74, 6) is 0. The van der Waals surface area contributed by atoms with Crippen LogP contribution in [0.15, 0.2) is 59.7 Å². The molecule has 0 unspecified atom stereocenters. The zero-order chi connectivity index (χ0) is 34.9. The fourth-order valence-corrected chi connectivity index (χ4v) is 5.75. The molecule has 3 aromatic rings. The second kappa shape index (κ2) is 11.7. The van der Waals surface area contributed by atoms with Crippen molar-refractivity contribution in [1.82, 2.24) is 0 Å². The van der Waals surface area contributed by atoms with Gasteiger partial charge in [0.2, 0.25) is 0 Å². The summed E-state index contributed by atoms with van der Waals surface area (Å²) in [4.78, 5) is 0. The van der Waals surface area contributed by atoms with Crippen molar-refractivity contribution in [3.63, 3.8) is 0 Å². The first-order chi connectivity index (χ1) is 23.1. The summed E-state index contributed by atoms with van der Waals surface area (Å²) < 4.78 is 40.8. The van der Waals surface area contributed by atoms with Crippen LogP contribution in [-0.4, -0.2) is 0 Å². The van der Waals surface area contributed by atoms with Gasteiger partial charge in [-0.2, -0.15) is 60.5 Å². The van der Waals surface area contributed by atoms with E-state index in [-0.39, 0.29) is 77.9 Å². The molecule has 0 saturated heterocycles. The number of alkyl halides is 3. The summed E-state index contributed by atoms with van der Waals surface area (Å²) >= 11 is 0. The number of halogens is 3. The summed E-state index contributed by atoms with van der Waals surface area (Å²) in [6.45, 7) is 0. The second-order valence-electron chi connectivity index (χ2n) is 9.97. The number of nitrogens with zero attached hydrogens (tertiary/aromatic N) is 9. The van der Waals surface area contributed by atoms with Gasteiger partial charge < -0.3 is 0 Å². The Bertz CT molecular complexity index is 2550. The molecule has 0 heterocycles. The van der Waals surface area contributed by atoms with E-state index in [1.54, 1.807) is 24.3 Å². The number of hydrogen-bond donors (Lipinski definition) is 0. The summed E-state index contributed by atoms with van der Waals surface area (Å²) in [6, 6.07) is 25.7. The highest BCUT2D eigenvalue weighted by Gasteiger charge is 2.38. The van der Waals surface area contributed by atoms with Gasteiger partial charge in [0.25, 0.3) is 0 Å². The maximum Gasteiger partial charge on any atom is 0.417 e. The molecule has 218 valence electrons. The lowest BCUT2D eigenvalue weighted by molar-refractivity contribution is -0.137. The van der Waals surface area contributed by atoms with E-state index in [4.69, 9.17) is 0 Å². The highest BCUT2D eigenvalue weighted by Crippen LogP contribution is 2.54. The number of hydrogen-bond acceptors (Lipinski definition) is 9. The Morgan fingerprint density at radius 1 is 0.458 bits per heavy atom. The van der Waals surface area contributed by atoms with Crippen molar-refractivity contribution in [1.29, 1.82) is 47.4 Å². The predicted molar refractivity (Wildman–Crippen MR) is 160 cm³/mol. The topological polar surface area (TPSA) is 214 Å². The molecule has 12 heteroatoms. The normalized spacial score (nSPS) is 12.5. The molecule has 0 radical (unpaired) electrons. The number of nitriles is 9. The molecule has 0 amide bonds. The predicted octanol–water partition coefficient (Wildman–Crippen LogP) is 6.82. The number of allylic oxidation sites excluding steroid dienone is 8. The molecular formula is C36H8F3N9. The molecule has 0 atom stereocenters. The van der Waals surface area contributed by atoms with Crippen LogP contribution >= 0.6 is 0 Å². The maximum atomic E-state index is 13.6. The third kappa shape index (κ3) is 4.58. The van der Waals surface area contributed by atoms with Gasteiger partial charge >= 0.3 is 6.18 Å². The average Bonchev–Trinajstić information content (AvgIpc) is 3.59. The Labute approximate surface area is 269 Å². The fourth-order valence-electron chi connectivity index (χ4n) is 5.75. The Morgan fingerprint density at radius 3 is 1.27 bits per heavy atom. The molecular weight excluding hydrogens is 615 g/mol. The standard InChI is InChI=1S/C36H8F3N9/c37-36(38,39)31-4-3-19(6-22(31)11-42)33-30(17-48)26-7-25-27(8-28(26)35(33)24(14-45)15-46)34(23(12-43)13-44)32(29(25)16-47)18-1-2-20(9-40)21(5-18)10-41/h1-8H. The van der Waals surface area contributed by atoms with E-state index in [9.17, 15) is 60.5 Å². The van der Waals surface area contributed by atoms with Crippen LogP contribution in [0, 0.1) is 102 Å². The van der Waals surface area contributed by atoms with Gasteiger partial charge in [-0.05, 0) is 58.7 Å². The molecule has 0 spiro atoms. The molecule has 0 fully saturated rings. The molecule has 0 N–H and O–H groups in total. The SMILES string of the molecule is N#CC(C#N)=C1C(c2ccc(C#N)c(C#N)c2)=C(C#N)c2cc3c(cc21)C(=C(C#N)C#N)C(c1ccc(C(F)(F)F)c(C#N)c1)=C3C#N. The lowest BCUT2D eigenvalue weighted by atomic mass is 9.88. The minimum atomic E-state index is -4.87. The molecule has 9 nitrogen and oxygen atoms in total. The molecule has 3 aromatic carbocycles. The maximum absolute atomic E-state index is 13.6. The minimum absolute atomic E-state index is 0.0361. The van der Waals surface area contributed by atoms with Crippen molar-refractivity contribution in [2.24, 2.45) is 0 Å². The number of rotatable bonds is 2. The van der Waals surface area contributed by atoms with Crippen LogP contribution in [0.1, 0.15) is 55.6 Å². The van der Waals surface area contributed by atoms with E-state index in [1.807, 2.05) is 24.3 Å². The summed E-state index contributed by atoms with van der Waals surface area (Å²) in [5.41, 5.74) is -2.90. The van der Waals surface area contributed by atoms with Gasteiger partial charge in [0.1, 0.15) is 59.7 Å². The summed E-state index contributed by atoms with van der Waals surface area (Å²) in [5, 5.41) is 89.0. The van der Waals surface area contributed by atoms with E-state index in [0.717, 1.165) is 12.1 Å². The van der Waals surface area contributed by atoms with Crippen molar-refractivity contribution < 1.29 is 13.2 Å². The third-order valence-corrected chi connectivity index (χ3v) is 7.69. The van der Waals surface area contributed by atoms with E-state index in [2.05, 4.69) is 0 Å². The van der Waals surface area contributed by atoms with Gasteiger partial charge in [-0.15, -0.1) is 0 Å². The van der Waals surface area contributed by atoms with Gasteiger partial charge in [0.05, 0.1) is 39.5 Å². The van der Waals surface area contributed by atoms with Crippen LogP contribution in [0.4, 0.5) is 13.2 Å². The van der Waals surface area contributed by atoms with E-state index >= 15 is 0 Å². The second-order valence-corrected chi connectivity index (χ2v) is 9.97. The van der Waals surface area contributed by atoms with Crippen molar-refractivity contribution in [3.05, 3.63) is 115 Å². The Balaban J connectivity index is 1.92. The third-order valence-electron chi connectivity index (χ3n) is 7.69. The molecule has 0 aromatic heterocycles. The van der Waals surface area contributed by atoms with Crippen molar-refractivity contribution in [3.8, 4) is 54.6 Å². The molecule has 48 heavy (non-hydrogen) atoms. The zero-order valence-corrected chi connectivity index (χ0v) is 23.8. The first-order valence-electron chi connectivity index (χ1n) is 13.2. The van der Waals surface area contributed by atoms with Crippen molar-refractivity contribution in [2.45, 2.75) is 6.18 Å². The largest absolute Gasteiger partial charge is 0.417 e. The van der Waals surface area contributed by atoms with Crippen molar-refractivity contribution >= 4 is 33.4 Å². The van der Waals surface area contributed by atoms with Gasteiger partial charge in [0.15, 0.2) is 0 Å². The van der Waals surface area contributed by atoms with Crippen LogP contribution in [0.2, 0.25) is 0 Å². The monoisotopic (exact) mass is 623 g/mol. The van der Waals surface area contributed by atoms with Crippen LogP contribution < -0.4 is 0 Å². The minimum Gasteiger partial charge on any atom is -0.192 e. The summed E-state index contributed by atoms with van der Waals surface area (Å²) in [6.07, 6.45) is -4.87. The number of fused-ring (bicyclic) bond motifs is 2. The van der Waals surface area contributed by atoms with Gasteiger partial charge in [-0.3, -0.25) is 0 Å². The van der Waals surface area contributed by atoms with Crippen molar-refractivity contribution in [2.75, 3.05) is 0 Å². The smallest absolute Gasteiger partial charge is 0.192 e. The highest BCUT2D eigenvalue weighted by molar-refractivity contribution is 6.29. The fraction of sp³-hybridized carbons (Fsp3) is 0.0278. The Hall–Kier alpha value is -8.18. The molecule has 2 aliphatic rings. The molecule has 5 rings (SSSR count).